The smallest absolute Gasteiger partial charge is 0.119 e. The van der Waals surface area contributed by atoms with Gasteiger partial charge in [0.15, 0.2) is 0 Å². The molecule has 78 valence electrons. The lowest BCUT2D eigenvalue weighted by Gasteiger charge is -2.03. The average molecular weight is 203 g/mol. The van der Waals surface area contributed by atoms with E-state index >= 15 is 0 Å². The summed E-state index contributed by atoms with van der Waals surface area (Å²) in [5.74, 6) is 0.847. The molecule has 15 heavy (non-hydrogen) atoms. The molecule has 1 rings (SSSR count). The van der Waals surface area contributed by atoms with Crippen LogP contribution in [0.1, 0.15) is 11.1 Å². The molecule has 0 aliphatic carbocycles. The highest BCUT2D eigenvalue weighted by molar-refractivity contribution is 5.55. The predicted octanol–water partition coefficient (Wildman–Crippen LogP) is 3.33. The molecule has 4 heteroatoms. The molecule has 4 nitrogen and oxygen atoms in total. The Bertz CT molecular complexity index is 406. The van der Waals surface area contributed by atoms with Crippen molar-refractivity contribution in [2.24, 2.45) is 5.11 Å². The molecular formula is C11H13N3O. The summed E-state index contributed by atoms with van der Waals surface area (Å²) >= 11 is 0. The first-order valence-electron chi connectivity index (χ1n) is 4.60. The van der Waals surface area contributed by atoms with Gasteiger partial charge in [-0.1, -0.05) is 23.3 Å². The molecular weight excluding hydrogens is 190 g/mol. The lowest BCUT2D eigenvalue weighted by Crippen LogP contribution is -1.86. The van der Waals surface area contributed by atoms with Crippen LogP contribution in [-0.2, 0) is 0 Å². The van der Waals surface area contributed by atoms with Crippen LogP contribution >= 0.6 is 0 Å². The SMILES string of the molecule is COc1ccc(C=CCN=[N+]=[N-])c(C)c1. The number of hydrogen-bond donors (Lipinski definition) is 0. The minimum Gasteiger partial charge on any atom is -0.497 e. The summed E-state index contributed by atoms with van der Waals surface area (Å²) in [6.07, 6.45) is 3.76. The first-order valence-corrected chi connectivity index (χ1v) is 4.60. The number of benzene rings is 1. The van der Waals surface area contributed by atoms with E-state index in [0.29, 0.717) is 6.54 Å². The average Bonchev–Trinajstić information content (AvgIpc) is 2.26. The maximum Gasteiger partial charge on any atom is 0.119 e. The molecule has 0 amide bonds. The molecule has 0 aromatic heterocycles. The Morgan fingerprint density at radius 3 is 2.93 bits per heavy atom. The van der Waals surface area contributed by atoms with Crippen LogP contribution in [0.5, 0.6) is 5.75 Å². The van der Waals surface area contributed by atoms with Gasteiger partial charge in [-0.05, 0) is 35.7 Å². The maximum absolute atomic E-state index is 8.09. The van der Waals surface area contributed by atoms with Crippen LogP contribution in [0.25, 0.3) is 16.5 Å². The van der Waals surface area contributed by atoms with E-state index < -0.39 is 0 Å². The molecule has 0 spiro atoms. The van der Waals surface area contributed by atoms with Gasteiger partial charge in [0.2, 0.25) is 0 Å². The van der Waals surface area contributed by atoms with Crippen LogP contribution in [0.3, 0.4) is 0 Å². The van der Waals surface area contributed by atoms with E-state index in [4.69, 9.17) is 10.3 Å². The standard InChI is InChI=1S/C11H13N3O/c1-9-8-11(15-2)6-5-10(9)4-3-7-13-14-12/h3-6,8H,7H2,1-2H3. The van der Waals surface area contributed by atoms with Gasteiger partial charge < -0.3 is 4.74 Å². The third-order valence-corrected chi connectivity index (χ3v) is 2.02. The van der Waals surface area contributed by atoms with Crippen molar-refractivity contribution in [1.29, 1.82) is 0 Å². The second-order valence-corrected chi connectivity index (χ2v) is 3.04. The van der Waals surface area contributed by atoms with Crippen LogP contribution in [0, 0.1) is 6.92 Å². The first-order chi connectivity index (χ1) is 7.27. The fourth-order valence-corrected chi connectivity index (χ4v) is 1.23. The van der Waals surface area contributed by atoms with Crippen LogP contribution in [0.2, 0.25) is 0 Å². The molecule has 0 saturated heterocycles. The van der Waals surface area contributed by atoms with Crippen LogP contribution in [0.15, 0.2) is 29.4 Å². The van der Waals surface area contributed by atoms with E-state index in [1.165, 1.54) is 0 Å². The molecule has 0 unspecified atom stereocenters. The lowest BCUT2D eigenvalue weighted by molar-refractivity contribution is 0.414. The summed E-state index contributed by atoms with van der Waals surface area (Å²) in [5.41, 5.74) is 10.3. The molecule has 0 radical (unpaired) electrons. The maximum atomic E-state index is 8.09. The number of methoxy groups -OCH3 is 1. The fourth-order valence-electron chi connectivity index (χ4n) is 1.23. The van der Waals surface area contributed by atoms with Crippen LogP contribution < -0.4 is 4.74 Å². The Kier molecular flexibility index (Phi) is 4.26. The summed E-state index contributed by atoms with van der Waals surface area (Å²) < 4.78 is 5.10. The monoisotopic (exact) mass is 203 g/mol. The van der Waals surface area contributed by atoms with Gasteiger partial charge in [0, 0.05) is 11.5 Å². The number of aryl methyl sites for hydroxylation is 1. The summed E-state index contributed by atoms with van der Waals surface area (Å²) in [7, 11) is 1.64. The van der Waals surface area contributed by atoms with Crippen LogP contribution in [0.4, 0.5) is 0 Å². The molecule has 0 saturated carbocycles. The van der Waals surface area contributed by atoms with E-state index in [1.807, 2.05) is 37.3 Å². The number of hydrogen-bond acceptors (Lipinski definition) is 2. The number of nitrogens with zero attached hydrogens (tertiary/aromatic N) is 3. The van der Waals surface area contributed by atoms with Crippen molar-refractivity contribution in [3.8, 4) is 5.75 Å². The molecule has 1 aromatic carbocycles. The quantitative estimate of drug-likeness (QED) is 0.420. The van der Waals surface area contributed by atoms with Gasteiger partial charge in [-0.3, -0.25) is 0 Å². The van der Waals surface area contributed by atoms with Gasteiger partial charge in [0.05, 0.1) is 7.11 Å². The molecule has 0 N–H and O–H groups in total. The van der Waals surface area contributed by atoms with Gasteiger partial charge in [-0.2, -0.15) is 0 Å². The summed E-state index contributed by atoms with van der Waals surface area (Å²) in [6, 6.07) is 5.84. The third kappa shape index (κ3) is 3.37. The fraction of sp³-hybridized carbons (Fsp3) is 0.273. The Balaban J connectivity index is 2.77. The van der Waals surface area contributed by atoms with Crippen molar-refractivity contribution in [2.75, 3.05) is 13.7 Å². The molecule has 1 aromatic rings. The summed E-state index contributed by atoms with van der Waals surface area (Å²) in [4.78, 5) is 2.67. The topological polar surface area (TPSA) is 58.0 Å². The zero-order chi connectivity index (χ0) is 11.1. The van der Waals surface area contributed by atoms with Crippen molar-refractivity contribution in [3.05, 3.63) is 45.8 Å². The molecule has 0 aliphatic rings. The van der Waals surface area contributed by atoms with Crippen molar-refractivity contribution in [1.82, 2.24) is 0 Å². The van der Waals surface area contributed by atoms with Crippen LogP contribution in [-0.4, -0.2) is 13.7 Å². The number of rotatable bonds is 4. The minimum absolute atomic E-state index is 0.377. The van der Waals surface area contributed by atoms with E-state index in [-0.39, 0.29) is 0 Å². The van der Waals surface area contributed by atoms with Crippen molar-refractivity contribution in [2.45, 2.75) is 6.92 Å². The molecule has 0 aliphatic heterocycles. The van der Waals surface area contributed by atoms with Crippen molar-refractivity contribution in [3.63, 3.8) is 0 Å². The Hall–Kier alpha value is -1.93. The predicted molar refractivity (Wildman–Crippen MR) is 60.8 cm³/mol. The third-order valence-electron chi connectivity index (χ3n) is 2.02. The minimum atomic E-state index is 0.377. The number of azide groups is 1. The Morgan fingerprint density at radius 2 is 2.33 bits per heavy atom. The van der Waals surface area contributed by atoms with E-state index in [1.54, 1.807) is 7.11 Å². The lowest BCUT2D eigenvalue weighted by atomic mass is 10.1. The highest BCUT2D eigenvalue weighted by Crippen LogP contribution is 2.17. The largest absolute Gasteiger partial charge is 0.497 e. The highest BCUT2D eigenvalue weighted by atomic mass is 16.5. The second kappa shape index (κ2) is 5.73. The number of ether oxygens (including phenoxy) is 1. The zero-order valence-corrected chi connectivity index (χ0v) is 8.84. The normalized spacial score (nSPS) is 10.0. The zero-order valence-electron chi connectivity index (χ0n) is 8.84. The van der Waals surface area contributed by atoms with Gasteiger partial charge in [0.1, 0.15) is 5.75 Å². The molecule has 0 fully saturated rings. The second-order valence-electron chi connectivity index (χ2n) is 3.04. The summed E-state index contributed by atoms with van der Waals surface area (Å²) in [5, 5.41) is 3.42. The Morgan fingerprint density at radius 1 is 1.53 bits per heavy atom. The summed E-state index contributed by atoms with van der Waals surface area (Å²) in [6.45, 7) is 2.39. The Labute approximate surface area is 88.8 Å². The van der Waals surface area contributed by atoms with Gasteiger partial charge in [-0.15, -0.1) is 0 Å². The molecule has 0 atom stereocenters. The van der Waals surface area contributed by atoms with Crippen molar-refractivity contribution < 1.29 is 4.74 Å². The van der Waals surface area contributed by atoms with Crippen molar-refractivity contribution >= 4 is 6.08 Å². The molecule has 0 bridgehead atoms. The van der Waals surface area contributed by atoms with Gasteiger partial charge in [0.25, 0.3) is 0 Å². The van der Waals surface area contributed by atoms with E-state index in [9.17, 15) is 0 Å². The van der Waals surface area contributed by atoms with E-state index in [2.05, 4.69) is 10.0 Å². The van der Waals surface area contributed by atoms with E-state index in [0.717, 1.165) is 16.9 Å². The molecule has 0 heterocycles. The van der Waals surface area contributed by atoms with Gasteiger partial charge >= 0.3 is 0 Å². The van der Waals surface area contributed by atoms with Gasteiger partial charge in [-0.25, -0.2) is 0 Å². The first kappa shape index (κ1) is 11.1. The highest BCUT2D eigenvalue weighted by Gasteiger charge is 1.96.